The molecule has 1 saturated heterocycles. The molecule has 0 spiro atoms. The van der Waals surface area contributed by atoms with E-state index in [1.165, 1.54) is 30.0 Å². The molecular formula is C23H24FN5O5. The zero-order chi connectivity index (χ0) is 24.6. The molecule has 0 aliphatic carbocycles. The van der Waals surface area contributed by atoms with Gasteiger partial charge in [0.25, 0.3) is 17.7 Å². The Labute approximate surface area is 194 Å². The van der Waals surface area contributed by atoms with Gasteiger partial charge in [-0.25, -0.2) is 4.39 Å². The average Bonchev–Trinajstić information content (AvgIpc) is 3.17. The summed E-state index contributed by atoms with van der Waals surface area (Å²) in [5.74, 6) is -2.21. The predicted molar refractivity (Wildman–Crippen MR) is 124 cm³/mol. The highest BCUT2D eigenvalue weighted by Gasteiger charge is 2.39. The monoisotopic (exact) mass is 469 g/mol. The van der Waals surface area contributed by atoms with Gasteiger partial charge in [-0.2, -0.15) is 0 Å². The number of rotatable bonds is 5. The standard InChI is InChI=1S/C23H24FN5O5/c1-28(2)22(32)12-7-14(24)10-16(9-12)29-5-6-34-19(23(29)33)18(30)21(31)27-15-3-4-17-13(8-15)11-26-20(17)25/h3-4,7-11,18-19,26,30H,5-6,25H2,1-2H3,(H,27,31)/t18-,19-/m1/s1. The van der Waals surface area contributed by atoms with Crippen LogP contribution in [-0.4, -0.2) is 72.2 Å². The SMILES string of the molecule is CN(C)C(=O)c1cc(F)cc(N2CCO[C@H]([C@@H](O)C(=O)Nc3ccc4c(N)[nH]cc4c3)C2=O)c1. The van der Waals surface area contributed by atoms with Crippen LogP contribution in [0.4, 0.5) is 21.6 Å². The highest BCUT2D eigenvalue weighted by atomic mass is 19.1. The van der Waals surface area contributed by atoms with Gasteiger partial charge in [0.1, 0.15) is 11.6 Å². The first-order valence-corrected chi connectivity index (χ1v) is 10.5. The molecule has 0 bridgehead atoms. The van der Waals surface area contributed by atoms with Gasteiger partial charge in [0.05, 0.1) is 6.61 Å². The van der Waals surface area contributed by atoms with Crippen molar-refractivity contribution in [1.29, 1.82) is 0 Å². The van der Waals surface area contributed by atoms with Crippen LogP contribution in [0.3, 0.4) is 0 Å². The number of halogens is 1. The van der Waals surface area contributed by atoms with E-state index in [9.17, 15) is 23.9 Å². The number of hydrogen-bond donors (Lipinski definition) is 4. The molecule has 0 unspecified atom stereocenters. The van der Waals surface area contributed by atoms with Gasteiger partial charge in [-0.3, -0.25) is 14.4 Å². The van der Waals surface area contributed by atoms with E-state index in [4.69, 9.17) is 10.5 Å². The largest absolute Gasteiger partial charge is 0.385 e. The zero-order valence-electron chi connectivity index (χ0n) is 18.5. The van der Waals surface area contributed by atoms with Gasteiger partial charge in [-0.05, 0) is 36.4 Å². The number of aliphatic hydroxyl groups excluding tert-OH is 1. The number of H-pyrrole nitrogens is 1. The maximum Gasteiger partial charge on any atom is 0.259 e. The molecule has 1 aliphatic heterocycles. The Morgan fingerprint density at radius 2 is 2.06 bits per heavy atom. The number of carbonyl (C=O) groups excluding carboxylic acids is 3. The first-order chi connectivity index (χ1) is 16.2. The number of aromatic nitrogens is 1. The van der Waals surface area contributed by atoms with Crippen molar-refractivity contribution in [1.82, 2.24) is 9.88 Å². The molecule has 5 N–H and O–H groups in total. The molecule has 0 radical (unpaired) electrons. The molecule has 1 fully saturated rings. The Morgan fingerprint density at radius 3 is 2.79 bits per heavy atom. The summed E-state index contributed by atoms with van der Waals surface area (Å²) in [6, 6.07) is 8.56. The third kappa shape index (κ3) is 4.43. The molecule has 1 aliphatic rings. The lowest BCUT2D eigenvalue weighted by atomic mass is 10.1. The van der Waals surface area contributed by atoms with Crippen molar-refractivity contribution in [2.45, 2.75) is 12.2 Å². The molecule has 2 heterocycles. The number of benzene rings is 2. The lowest BCUT2D eigenvalue weighted by Crippen LogP contribution is -2.55. The number of hydrogen-bond acceptors (Lipinski definition) is 6. The molecule has 3 amide bonds. The third-order valence-corrected chi connectivity index (χ3v) is 5.52. The maximum atomic E-state index is 14.2. The van der Waals surface area contributed by atoms with Crippen molar-refractivity contribution in [2.75, 3.05) is 43.2 Å². The molecule has 34 heavy (non-hydrogen) atoms. The van der Waals surface area contributed by atoms with E-state index < -0.39 is 35.7 Å². The maximum absolute atomic E-state index is 14.2. The van der Waals surface area contributed by atoms with Crippen LogP contribution in [0.5, 0.6) is 0 Å². The second-order valence-corrected chi connectivity index (χ2v) is 8.12. The number of nitrogens with one attached hydrogen (secondary N) is 2. The zero-order valence-corrected chi connectivity index (χ0v) is 18.5. The minimum atomic E-state index is -1.82. The minimum Gasteiger partial charge on any atom is -0.385 e. The van der Waals surface area contributed by atoms with E-state index in [1.807, 2.05) is 0 Å². The fourth-order valence-corrected chi connectivity index (χ4v) is 3.79. The Balaban J connectivity index is 1.51. The van der Waals surface area contributed by atoms with Crippen molar-refractivity contribution in [3.05, 3.63) is 54.0 Å². The number of aromatic amines is 1. The molecular weight excluding hydrogens is 445 g/mol. The average molecular weight is 469 g/mol. The van der Waals surface area contributed by atoms with Crippen LogP contribution in [0.2, 0.25) is 0 Å². The summed E-state index contributed by atoms with van der Waals surface area (Å²) in [5, 5.41) is 14.7. The number of aliphatic hydroxyl groups is 1. The van der Waals surface area contributed by atoms with Crippen LogP contribution >= 0.6 is 0 Å². The molecule has 178 valence electrons. The number of nitrogens with two attached hydrogens (primary N) is 1. The Morgan fingerprint density at radius 1 is 1.29 bits per heavy atom. The van der Waals surface area contributed by atoms with Crippen molar-refractivity contribution in [2.24, 2.45) is 0 Å². The van der Waals surface area contributed by atoms with E-state index in [0.29, 0.717) is 11.5 Å². The number of morpholine rings is 1. The molecule has 0 saturated carbocycles. The number of fused-ring (bicyclic) bond motifs is 1. The van der Waals surface area contributed by atoms with E-state index in [1.54, 1.807) is 24.4 Å². The van der Waals surface area contributed by atoms with Crippen LogP contribution in [0.25, 0.3) is 10.8 Å². The fourth-order valence-electron chi connectivity index (χ4n) is 3.79. The fraction of sp³-hybridized carbons (Fsp3) is 0.261. The predicted octanol–water partition coefficient (Wildman–Crippen LogP) is 1.32. The number of nitrogens with zero attached hydrogens (tertiary/aromatic N) is 2. The van der Waals surface area contributed by atoms with Crippen LogP contribution in [0, 0.1) is 5.82 Å². The van der Waals surface area contributed by atoms with Crippen molar-refractivity contribution in [3.8, 4) is 0 Å². The van der Waals surface area contributed by atoms with Crippen molar-refractivity contribution in [3.63, 3.8) is 0 Å². The number of anilines is 3. The third-order valence-electron chi connectivity index (χ3n) is 5.52. The van der Waals surface area contributed by atoms with Gasteiger partial charge in [0.2, 0.25) is 0 Å². The highest BCUT2D eigenvalue weighted by Crippen LogP contribution is 2.26. The van der Waals surface area contributed by atoms with Gasteiger partial charge >= 0.3 is 0 Å². The normalized spacial score (nSPS) is 17.0. The lowest BCUT2D eigenvalue weighted by molar-refractivity contribution is -0.150. The Bertz CT molecular complexity index is 1270. The van der Waals surface area contributed by atoms with Gasteiger partial charge < -0.3 is 35.7 Å². The van der Waals surface area contributed by atoms with Crippen molar-refractivity contribution < 1.29 is 28.6 Å². The molecule has 10 nitrogen and oxygen atoms in total. The van der Waals surface area contributed by atoms with Gasteiger partial charge in [-0.15, -0.1) is 0 Å². The smallest absolute Gasteiger partial charge is 0.259 e. The first kappa shape index (κ1) is 23.2. The number of amides is 3. The van der Waals surface area contributed by atoms with E-state index in [2.05, 4.69) is 10.3 Å². The van der Waals surface area contributed by atoms with Crippen molar-refractivity contribution >= 4 is 45.7 Å². The Hall–Kier alpha value is -3.96. The molecule has 2 atom stereocenters. The van der Waals surface area contributed by atoms with Crippen LogP contribution in [0.15, 0.2) is 42.6 Å². The highest BCUT2D eigenvalue weighted by molar-refractivity contribution is 6.05. The van der Waals surface area contributed by atoms with Gasteiger partial charge in [0, 0.05) is 54.5 Å². The number of nitrogen functional groups attached to an aromatic ring is 1. The van der Waals surface area contributed by atoms with E-state index in [0.717, 1.165) is 22.9 Å². The molecule has 3 aromatic rings. The van der Waals surface area contributed by atoms with Crippen LogP contribution in [-0.2, 0) is 14.3 Å². The Kier molecular flexibility index (Phi) is 6.22. The van der Waals surface area contributed by atoms with Gasteiger partial charge in [-0.1, -0.05) is 0 Å². The molecule has 11 heteroatoms. The molecule has 1 aromatic heterocycles. The second kappa shape index (κ2) is 9.12. The lowest BCUT2D eigenvalue weighted by Gasteiger charge is -2.34. The van der Waals surface area contributed by atoms with Crippen LogP contribution in [0.1, 0.15) is 10.4 Å². The van der Waals surface area contributed by atoms with Gasteiger partial charge in [0.15, 0.2) is 12.2 Å². The summed E-state index contributed by atoms with van der Waals surface area (Å²) < 4.78 is 19.6. The summed E-state index contributed by atoms with van der Waals surface area (Å²) >= 11 is 0. The summed E-state index contributed by atoms with van der Waals surface area (Å²) in [6.45, 7) is 0.0666. The number of carbonyl (C=O) groups is 3. The summed E-state index contributed by atoms with van der Waals surface area (Å²) in [5.41, 5.74) is 6.41. The number of ether oxygens (including phenoxy) is 1. The summed E-state index contributed by atoms with van der Waals surface area (Å²) in [4.78, 5) is 43.3. The van der Waals surface area contributed by atoms with E-state index in [-0.39, 0.29) is 24.4 Å². The minimum absolute atomic E-state index is 0.00278. The summed E-state index contributed by atoms with van der Waals surface area (Å²) in [7, 11) is 3.06. The summed E-state index contributed by atoms with van der Waals surface area (Å²) in [6.07, 6.45) is -1.65. The van der Waals surface area contributed by atoms with E-state index >= 15 is 0 Å². The first-order valence-electron chi connectivity index (χ1n) is 10.5. The molecule has 4 rings (SSSR count). The quantitative estimate of drug-likeness (QED) is 0.444. The van der Waals surface area contributed by atoms with Crippen LogP contribution < -0.4 is 16.0 Å². The second-order valence-electron chi connectivity index (χ2n) is 8.12. The topological polar surface area (TPSA) is 141 Å². The molecule has 2 aromatic carbocycles.